The third-order valence-electron chi connectivity index (χ3n) is 3.45. The second-order valence-corrected chi connectivity index (χ2v) is 6.80. The quantitative estimate of drug-likeness (QED) is 0.382. The average molecular weight is 458 g/mol. The summed E-state index contributed by atoms with van der Waals surface area (Å²) in [6, 6.07) is 8.48. The summed E-state index contributed by atoms with van der Waals surface area (Å²) >= 11 is 1.70. The van der Waals surface area contributed by atoms with Gasteiger partial charge in [0.05, 0.1) is 18.8 Å². The van der Waals surface area contributed by atoms with Crippen LogP contribution in [0.4, 0.5) is 0 Å². The third kappa shape index (κ3) is 6.76. The van der Waals surface area contributed by atoms with Crippen LogP contribution in [-0.2, 0) is 13.1 Å². The highest BCUT2D eigenvalue weighted by atomic mass is 127. The number of aryl methyl sites for hydroxylation is 1. The zero-order valence-electron chi connectivity index (χ0n) is 14.8. The van der Waals surface area contributed by atoms with Gasteiger partial charge in [-0.15, -0.1) is 35.3 Å². The van der Waals surface area contributed by atoms with Crippen LogP contribution >= 0.6 is 35.3 Å². The molecule has 2 rings (SSSR count). The zero-order valence-corrected chi connectivity index (χ0v) is 17.9. The first-order valence-corrected chi connectivity index (χ1v) is 8.98. The van der Waals surface area contributed by atoms with Crippen LogP contribution < -0.4 is 10.6 Å². The van der Waals surface area contributed by atoms with Crippen molar-refractivity contribution in [3.8, 4) is 0 Å². The van der Waals surface area contributed by atoms with E-state index in [1.807, 2.05) is 0 Å². The van der Waals surface area contributed by atoms with Gasteiger partial charge in [0, 0.05) is 11.9 Å². The SMILES string of the molecule is CCNC(=NCc1ccc(C)cc1)NCc1nc(C(C)C)cs1.I. The highest BCUT2D eigenvalue weighted by Gasteiger charge is 2.06. The van der Waals surface area contributed by atoms with Crippen LogP contribution in [0.5, 0.6) is 0 Å². The molecule has 0 fully saturated rings. The topological polar surface area (TPSA) is 49.3 Å². The number of nitrogens with one attached hydrogen (secondary N) is 2. The van der Waals surface area contributed by atoms with Crippen molar-refractivity contribution in [1.29, 1.82) is 0 Å². The Morgan fingerprint density at radius 1 is 1.21 bits per heavy atom. The molecule has 0 aliphatic carbocycles. The van der Waals surface area contributed by atoms with Crippen molar-refractivity contribution < 1.29 is 0 Å². The molecular weight excluding hydrogens is 431 g/mol. The van der Waals surface area contributed by atoms with E-state index in [4.69, 9.17) is 0 Å². The number of aromatic nitrogens is 1. The van der Waals surface area contributed by atoms with Crippen molar-refractivity contribution in [3.05, 3.63) is 51.5 Å². The molecule has 2 aromatic rings. The van der Waals surface area contributed by atoms with Crippen LogP contribution in [-0.4, -0.2) is 17.5 Å². The van der Waals surface area contributed by atoms with E-state index < -0.39 is 0 Å². The van der Waals surface area contributed by atoms with E-state index in [0.717, 1.165) is 23.2 Å². The lowest BCUT2D eigenvalue weighted by Gasteiger charge is -2.10. The number of thiazole rings is 1. The van der Waals surface area contributed by atoms with Crippen molar-refractivity contribution in [1.82, 2.24) is 15.6 Å². The van der Waals surface area contributed by atoms with Crippen LogP contribution in [0.1, 0.15) is 48.5 Å². The number of rotatable bonds is 6. The molecule has 0 saturated carbocycles. The number of benzene rings is 1. The molecule has 0 aliphatic heterocycles. The molecule has 0 amide bonds. The number of hydrogen-bond acceptors (Lipinski definition) is 3. The van der Waals surface area contributed by atoms with Gasteiger partial charge in [-0.1, -0.05) is 43.7 Å². The first-order valence-electron chi connectivity index (χ1n) is 8.10. The van der Waals surface area contributed by atoms with Gasteiger partial charge in [0.25, 0.3) is 0 Å². The maximum atomic E-state index is 4.64. The minimum atomic E-state index is 0. The number of aliphatic imine (C=N–C) groups is 1. The smallest absolute Gasteiger partial charge is 0.191 e. The van der Waals surface area contributed by atoms with Gasteiger partial charge >= 0.3 is 0 Å². The number of guanidine groups is 1. The molecule has 1 aromatic heterocycles. The highest BCUT2D eigenvalue weighted by Crippen LogP contribution is 2.17. The minimum Gasteiger partial charge on any atom is -0.357 e. The molecule has 4 nitrogen and oxygen atoms in total. The molecule has 0 radical (unpaired) electrons. The Bertz CT molecular complexity index is 635. The molecule has 0 spiro atoms. The van der Waals surface area contributed by atoms with E-state index in [-0.39, 0.29) is 24.0 Å². The summed E-state index contributed by atoms with van der Waals surface area (Å²) in [5, 5.41) is 9.87. The Morgan fingerprint density at radius 3 is 2.50 bits per heavy atom. The standard InChI is InChI=1S/C18H26N4S.HI/c1-5-19-18(20-10-15-8-6-14(4)7-9-15)21-11-17-22-16(12-23-17)13(2)3;/h6-9,12-13H,5,10-11H2,1-4H3,(H2,19,20,21);1H. The molecular formula is C18H27IN4S. The Morgan fingerprint density at radius 2 is 1.92 bits per heavy atom. The van der Waals surface area contributed by atoms with Crippen molar-refractivity contribution in [2.24, 2.45) is 4.99 Å². The van der Waals surface area contributed by atoms with Gasteiger partial charge in [-0.2, -0.15) is 0 Å². The van der Waals surface area contributed by atoms with E-state index in [9.17, 15) is 0 Å². The van der Waals surface area contributed by atoms with E-state index in [1.165, 1.54) is 11.1 Å². The molecule has 6 heteroatoms. The van der Waals surface area contributed by atoms with Crippen LogP contribution in [0, 0.1) is 6.92 Å². The van der Waals surface area contributed by atoms with Gasteiger partial charge in [0.1, 0.15) is 5.01 Å². The van der Waals surface area contributed by atoms with Gasteiger partial charge in [0.15, 0.2) is 5.96 Å². The summed E-state index contributed by atoms with van der Waals surface area (Å²) < 4.78 is 0. The number of halogens is 1. The normalized spacial score (nSPS) is 11.3. The fraction of sp³-hybridized carbons (Fsp3) is 0.444. The van der Waals surface area contributed by atoms with Crippen LogP contribution in [0.3, 0.4) is 0 Å². The van der Waals surface area contributed by atoms with Crippen LogP contribution in [0.25, 0.3) is 0 Å². The molecule has 24 heavy (non-hydrogen) atoms. The average Bonchev–Trinajstić information content (AvgIpc) is 3.01. The molecule has 132 valence electrons. The summed E-state index contributed by atoms with van der Waals surface area (Å²) in [7, 11) is 0. The number of hydrogen-bond donors (Lipinski definition) is 2. The summed E-state index contributed by atoms with van der Waals surface area (Å²) in [5.74, 6) is 1.30. The maximum Gasteiger partial charge on any atom is 0.191 e. The Hall–Kier alpha value is -1.15. The lowest BCUT2D eigenvalue weighted by molar-refractivity contribution is 0.788. The van der Waals surface area contributed by atoms with Crippen molar-refractivity contribution >= 4 is 41.3 Å². The van der Waals surface area contributed by atoms with Crippen molar-refractivity contribution in [2.45, 2.75) is 46.7 Å². The van der Waals surface area contributed by atoms with Crippen LogP contribution in [0.15, 0.2) is 34.6 Å². The Labute approximate surface area is 166 Å². The molecule has 0 aliphatic rings. The van der Waals surface area contributed by atoms with Gasteiger partial charge in [-0.05, 0) is 25.3 Å². The Balaban J connectivity index is 0.00000288. The van der Waals surface area contributed by atoms with Gasteiger partial charge < -0.3 is 10.6 Å². The lowest BCUT2D eigenvalue weighted by atomic mass is 10.1. The first kappa shape index (κ1) is 20.9. The van der Waals surface area contributed by atoms with Crippen molar-refractivity contribution in [3.63, 3.8) is 0 Å². The largest absolute Gasteiger partial charge is 0.357 e. The summed E-state index contributed by atoms with van der Waals surface area (Å²) in [4.78, 5) is 9.28. The molecule has 0 saturated heterocycles. The monoisotopic (exact) mass is 458 g/mol. The van der Waals surface area contributed by atoms with Gasteiger partial charge in [0.2, 0.25) is 0 Å². The highest BCUT2D eigenvalue weighted by molar-refractivity contribution is 14.0. The fourth-order valence-corrected chi connectivity index (χ4v) is 2.93. The first-order chi connectivity index (χ1) is 11.1. The van der Waals surface area contributed by atoms with E-state index >= 15 is 0 Å². The predicted molar refractivity (Wildman–Crippen MR) is 114 cm³/mol. The second kappa shape index (κ2) is 10.7. The van der Waals surface area contributed by atoms with E-state index in [1.54, 1.807) is 11.3 Å². The zero-order chi connectivity index (χ0) is 16.7. The third-order valence-corrected chi connectivity index (χ3v) is 4.32. The van der Waals surface area contributed by atoms with E-state index in [0.29, 0.717) is 19.0 Å². The van der Waals surface area contributed by atoms with E-state index in [2.05, 4.69) is 78.0 Å². The molecule has 1 aromatic carbocycles. The fourth-order valence-electron chi connectivity index (χ4n) is 2.04. The maximum absolute atomic E-state index is 4.64. The molecule has 0 bridgehead atoms. The molecule has 2 N–H and O–H groups in total. The Kier molecular flexibility index (Phi) is 9.28. The molecule has 0 atom stereocenters. The van der Waals surface area contributed by atoms with Crippen LogP contribution in [0.2, 0.25) is 0 Å². The molecule has 0 unspecified atom stereocenters. The lowest BCUT2D eigenvalue weighted by Crippen LogP contribution is -2.36. The second-order valence-electron chi connectivity index (χ2n) is 5.86. The summed E-state index contributed by atoms with van der Waals surface area (Å²) in [6.45, 7) is 10.7. The number of nitrogens with zero attached hydrogens (tertiary/aromatic N) is 2. The summed E-state index contributed by atoms with van der Waals surface area (Å²) in [6.07, 6.45) is 0. The summed E-state index contributed by atoms with van der Waals surface area (Å²) in [5.41, 5.74) is 3.64. The minimum absolute atomic E-state index is 0. The predicted octanol–water partition coefficient (Wildman–Crippen LogP) is 4.45. The van der Waals surface area contributed by atoms with Crippen molar-refractivity contribution in [2.75, 3.05) is 6.54 Å². The van der Waals surface area contributed by atoms with Gasteiger partial charge in [-0.25, -0.2) is 9.98 Å². The van der Waals surface area contributed by atoms with Gasteiger partial charge in [-0.3, -0.25) is 0 Å². The molecule has 1 heterocycles.